The molecule has 1 aliphatic carbocycles. The fraction of sp³-hybridized carbons (Fsp3) is 0.0588. The number of aromatic nitrogens is 2. The van der Waals surface area contributed by atoms with Crippen molar-refractivity contribution in [3.63, 3.8) is 0 Å². The zero-order chi connectivity index (χ0) is 26.7. The lowest BCUT2D eigenvalue weighted by molar-refractivity contribution is 0.531. The van der Waals surface area contributed by atoms with Crippen LogP contribution < -0.4 is 4.90 Å². The molecule has 0 amide bonds. The molecule has 39 heavy (non-hydrogen) atoms. The van der Waals surface area contributed by atoms with Crippen LogP contribution in [0.1, 0.15) is 28.8 Å². The molecule has 6 rings (SSSR count). The van der Waals surface area contributed by atoms with E-state index in [4.69, 9.17) is 9.97 Å². The van der Waals surface area contributed by atoms with Crippen LogP contribution in [-0.2, 0) is 5.54 Å². The van der Waals surface area contributed by atoms with Gasteiger partial charge in [-0.25, -0.2) is 4.98 Å². The molecule has 5 aromatic rings. The van der Waals surface area contributed by atoms with Crippen LogP contribution in [0.4, 0.5) is 11.4 Å². The van der Waals surface area contributed by atoms with E-state index in [1.165, 1.54) is 0 Å². The monoisotopic (exact) mass is 501 g/mol. The van der Waals surface area contributed by atoms with Crippen LogP contribution >= 0.6 is 0 Å². The van der Waals surface area contributed by atoms with Crippen molar-refractivity contribution in [2.45, 2.75) is 12.0 Å². The van der Waals surface area contributed by atoms with Gasteiger partial charge in [0.1, 0.15) is 17.7 Å². The average molecular weight is 502 g/mol. The molecule has 0 saturated carbocycles. The topological polar surface area (TPSA) is 76.6 Å². The van der Waals surface area contributed by atoms with Crippen molar-refractivity contribution in [3.05, 3.63) is 150 Å². The second-order valence-electron chi connectivity index (χ2n) is 9.36. The molecule has 4 aromatic carbocycles. The van der Waals surface area contributed by atoms with E-state index in [2.05, 4.69) is 71.7 Å². The highest BCUT2D eigenvalue weighted by atomic mass is 15.2. The fourth-order valence-electron chi connectivity index (χ4n) is 5.16. The molecule has 0 N–H and O–H groups in total. The van der Waals surface area contributed by atoms with E-state index >= 15 is 0 Å². The summed E-state index contributed by atoms with van der Waals surface area (Å²) < 4.78 is 0. The zero-order valence-electron chi connectivity index (χ0n) is 21.1. The van der Waals surface area contributed by atoms with Crippen LogP contribution in [0.2, 0.25) is 0 Å². The van der Waals surface area contributed by atoms with Gasteiger partial charge in [-0.15, -0.1) is 0 Å². The van der Waals surface area contributed by atoms with Crippen molar-refractivity contribution in [1.29, 1.82) is 10.5 Å². The molecule has 5 heteroatoms. The van der Waals surface area contributed by atoms with Gasteiger partial charge in [-0.05, 0) is 54.0 Å². The zero-order valence-corrected chi connectivity index (χ0v) is 21.1. The van der Waals surface area contributed by atoms with Crippen molar-refractivity contribution < 1.29 is 0 Å². The average Bonchev–Trinajstić information content (AvgIpc) is 3.02. The Morgan fingerprint density at radius 3 is 1.82 bits per heavy atom. The molecule has 0 saturated heterocycles. The first kappa shape index (κ1) is 23.9. The smallest absolute Gasteiger partial charge is 0.111 e. The number of rotatable bonds is 5. The Balaban J connectivity index is 1.58. The molecule has 0 bridgehead atoms. The fourth-order valence-corrected chi connectivity index (χ4v) is 5.16. The number of hydrogen-bond acceptors (Lipinski definition) is 5. The van der Waals surface area contributed by atoms with E-state index in [0.29, 0.717) is 28.6 Å². The van der Waals surface area contributed by atoms with E-state index in [1.807, 2.05) is 54.6 Å². The molecule has 0 fully saturated rings. The van der Waals surface area contributed by atoms with Crippen LogP contribution in [0.15, 0.2) is 128 Å². The first-order valence-electron chi connectivity index (χ1n) is 12.7. The highest BCUT2D eigenvalue weighted by Gasteiger charge is 2.40. The Labute approximate surface area is 227 Å². The number of hydrogen-bond donors (Lipinski definition) is 0. The van der Waals surface area contributed by atoms with Crippen molar-refractivity contribution in [1.82, 2.24) is 9.97 Å². The summed E-state index contributed by atoms with van der Waals surface area (Å²) >= 11 is 0. The summed E-state index contributed by atoms with van der Waals surface area (Å²) in [5.41, 5.74) is 6.12. The predicted molar refractivity (Wildman–Crippen MR) is 154 cm³/mol. The molecule has 1 aromatic heterocycles. The first-order valence-corrected chi connectivity index (χ1v) is 12.7. The summed E-state index contributed by atoms with van der Waals surface area (Å²) in [5, 5.41) is 19.1. The van der Waals surface area contributed by atoms with Gasteiger partial charge in [0.2, 0.25) is 0 Å². The molecule has 1 heterocycles. The number of para-hydroxylation sites is 2. The van der Waals surface area contributed by atoms with E-state index in [9.17, 15) is 10.5 Å². The Bertz CT molecular complexity index is 1760. The van der Waals surface area contributed by atoms with Gasteiger partial charge in [-0.3, -0.25) is 4.98 Å². The van der Waals surface area contributed by atoms with Crippen molar-refractivity contribution >= 4 is 28.0 Å². The highest BCUT2D eigenvalue weighted by Crippen LogP contribution is 2.45. The lowest BCUT2D eigenvalue weighted by atomic mass is 9.81. The van der Waals surface area contributed by atoms with Crippen molar-refractivity contribution in [2.75, 3.05) is 4.90 Å². The molecular formula is C34H23N5. The summed E-state index contributed by atoms with van der Waals surface area (Å²) in [6.07, 6.45) is 9.04. The Kier molecular flexibility index (Phi) is 6.17. The summed E-state index contributed by atoms with van der Waals surface area (Å²) in [4.78, 5) is 12.1. The summed E-state index contributed by atoms with van der Waals surface area (Å²) in [5.74, 6) is 0. The van der Waals surface area contributed by atoms with Gasteiger partial charge in [0.25, 0.3) is 0 Å². The molecule has 184 valence electrons. The normalized spacial score (nSPS) is 16.2. The quantitative estimate of drug-likeness (QED) is 0.250. The molecule has 5 nitrogen and oxygen atoms in total. The van der Waals surface area contributed by atoms with Crippen LogP contribution in [0, 0.1) is 22.7 Å². The maximum absolute atomic E-state index is 9.62. The maximum Gasteiger partial charge on any atom is 0.111 e. The minimum absolute atomic E-state index is 0.291. The standard InChI is InChI=1S/C34H23N5/c35-22-27-20-31-32(21-28(27)23-36)38-33(24-37-31)34(18-16-26(17-19-34)25-10-4-1-5-11-25)39(29-12-6-2-7-13-29)30-14-8-3-9-15-30/h1-18,20-21,24H,19H2. The van der Waals surface area contributed by atoms with Gasteiger partial charge in [0, 0.05) is 11.4 Å². The van der Waals surface area contributed by atoms with Crippen molar-refractivity contribution in [3.8, 4) is 12.1 Å². The molecular weight excluding hydrogens is 478 g/mol. The third-order valence-electron chi connectivity index (χ3n) is 7.07. The number of allylic oxidation sites excluding steroid dienone is 2. The molecule has 1 unspecified atom stereocenters. The summed E-state index contributed by atoms with van der Waals surface area (Å²) in [6.45, 7) is 0. The molecule has 0 radical (unpaired) electrons. The number of nitriles is 2. The van der Waals surface area contributed by atoms with Crippen LogP contribution in [0.5, 0.6) is 0 Å². The van der Waals surface area contributed by atoms with Crippen LogP contribution in [0.25, 0.3) is 16.6 Å². The van der Waals surface area contributed by atoms with E-state index < -0.39 is 5.54 Å². The second-order valence-corrected chi connectivity index (χ2v) is 9.36. The maximum atomic E-state index is 9.62. The molecule has 1 aliphatic rings. The number of benzene rings is 4. The van der Waals surface area contributed by atoms with Gasteiger partial charge in [-0.1, -0.05) is 85.0 Å². The third-order valence-corrected chi connectivity index (χ3v) is 7.07. The third kappa shape index (κ3) is 4.33. The van der Waals surface area contributed by atoms with Crippen LogP contribution in [-0.4, -0.2) is 9.97 Å². The highest BCUT2D eigenvalue weighted by molar-refractivity contribution is 5.81. The van der Waals surface area contributed by atoms with E-state index in [-0.39, 0.29) is 0 Å². The first-order chi connectivity index (χ1) is 19.2. The number of anilines is 2. The van der Waals surface area contributed by atoms with Gasteiger partial charge in [0.15, 0.2) is 0 Å². The molecule has 0 spiro atoms. The van der Waals surface area contributed by atoms with Crippen molar-refractivity contribution in [2.24, 2.45) is 0 Å². The van der Waals surface area contributed by atoms with Gasteiger partial charge in [-0.2, -0.15) is 10.5 Å². The minimum atomic E-state index is -0.705. The SMILES string of the molecule is N#Cc1cc2ncc(C3(N(c4ccccc4)c4ccccc4)C=CC(c4ccccc4)=CC3)nc2cc1C#N. The second kappa shape index (κ2) is 10.1. The van der Waals surface area contributed by atoms with Gasteiger partial charge >= 0.3 is 0 Å². The Morgan fingerprint density at radius 1 is 0.718 bits per heavy atom. The van der Waals surface area contributed by atoms with Gasteiger partial charge < -0.3 is 4.90 Å². The Hall–Kier alpha value is -5.52. The number of nitrogens with zero attached hydrogens (tertiary/aromatic N) is 5. The lowest BCUT2D eigenvalue weighted by Gasteiger charge is -2.44. The minimum Gasteiger partial charge on any atom is -0.326 e. The van der Waals surface area contributed by atoms with Gasteiger partial charge in [0.05, 0.1) is 34.1 Å². The van der Waals surface area contributed by atoms with E-state index in [1.54, 1.807) is 18.3 Å². The number of fused-ring (bicyclic) bond motifs is 1. The largest absolute Gasteiger partial charge is 0.326 e. The lowest BCUT2D eigenvalue weighted by Crippen LogP contribution is -2.43. The predicted octanol–water partition coefficient (Wildman–Crippen LogP) is 7.45. The summed E-state index contributed by atoms with van der Waals surface area (Å²) in [7, 11) is 0. The Morgan fingerprint density at radius 2 is 1.28 bits per heavy atom. The molecule has 0 aliphatic heterocycles. The summed E-state index contributed by atoms with van der Waals surface area (Å²) in [6, 6.07) is 38.4. The van der Waals surface area contributed by atoms with E-state index in [0.717, 1.165) is 28.2 Å². The van der Waals surface area contributed by atoms with Crippen LogP contribution in [0.3, 0.4) is 0 Å². The molecule has 1 atom stereocenters.